The Balaban J connectivity index is 1.75. The van der Waals surface area contributed by atoms with Crippen LogP contribution in [0.2, 0.25) is 13.7 Å². The molecule has 23 heavy (non-hydrogen) atoms. The van der Waals surface area contributed by atoms with Gasteiger partial charge in [-0.05, 0) is 24.3 Å². The average molecular weight is 412 g/mol. The molecule has 1 aromatic carbocycles. The standard InChI is InChI=1S/C14H13Cl3N2O2S2/c15-10-2-1-3-11(8-10)18-4-6-19(7-5-18)23(20,21)12-9-13(16)22-14(12)17/h1-3,8-9H,4-7H2. The number of nitrogens with zero attached hydrogens (tertiary/aromatic N) is 2. The van der Waals surface area contributed by atoms with E-state index in [1.807, 2.05) is 24.3 Å². The van der Waals surface area contributed by atoms with Crippen LogP contribution >= 0.6 is 46.1 Å². The molecule has 1 aliphatic rings. The lowest BCUT2D eigenvalue weighted by molar-refractivity contribution is 0.385. The number of rotatable bonds is 3. The van der Waals surface area contributed by atoms with Gasteiger partial charge in [0.1, 0.15) is 9.23 Å². The van der Waals surface area contributed by atoms with Crippen LogP contribution in [-0.2, 0) is 10.0 Å². The Morgan fingerprint density at radius 3 is 2.26 bits per heavy atom. The number of anilines is 1. The van der Waals surface area contributed by atoms with E-state index < -0.39 is 10.0 Å². The van der Waals surface area contributed by atoms with Crippen molar-refractivity contribution in [2.45, 2.75) is 4.90 Å². The fourth-order valence-electron chi connectivity index (χ4n) is 2.50. The number of hydrogen-bond donors (Lipinski definition) is 0. The number of thiophene rings is 1. The average Bonchev–Trinajstić information content (AvgIpc) is 2.87. The second-order valence-electron chi connectivity index (χ2n) is 5.06. The molecule has 3 rings (SSSR count). The first-order chi connectivity index (χ1) is 10.9. The molecular formula is C14H13Cl3N2O2S2. The second kappa shape index (κ2) is 6.78. The van der Waals surface area contributed by atoms with Gasteiger partial charge in [0, 0.05) is 36.9 Å². The van der Waals surface area contributed by atoms with E-state index in [1.165, 1.54) is 10.4 Å². The summed E-state index contributed by atoms with van der Waals surface area (Å²) >= 11 is 18.9. The van der Waals surface area contributed by atoms with E-state index in [0.29, 0.717) is 35.5 Å². The van der Waals surface area contributed by atoms with Gasteiger partial charge in [-0.25, -0.2) is 8.42 Å². The number of halogens is 3. The zero-order chi connectivity index (χ0) is 16.6. The van der Waals surface area contributed by atoms with E-state index in [-0.39, 0.29) is 9.23 Å². The predicted molar refractivity (Wildman–Crippen MR) is 96.8 cm³/mol. The Hall–Kier alpha value is -0.500. The van der Waals surface area contributed by atoms with Gasteiger partial charge in [0.25, 0.3) is 0 Å². The summed E-state index contributed by atoms with van der Waals surface area (Å²) < 4.78 is 27.3. The van der Waals surface area contributed by atoms with E-state index in [2.05, 4.69) is 4.90 Å². The Kier molecular flexibility index (Phi) is 5.11. The van der Waals surface area contributed by atoms with Gasteiger partial charge in [-0.2, -0.15) is 4.31 Å². The second-order valence-corrected chi connectivity index (χ2v) is 9.69. The molecule has 4 nitrogen and oxygen atoms in total. The maximum Gasteiger partial charge on any atom is 0.245 e. The summed E-state index contributed by atoms with van der Waals surface area (Å²) in [6, 6.07) is 8.95. The minimum absolute atomic E-state index is 0.0883. The van der Waals surface area contributed by atoms with Crippen LogP contribution in [0.25, 0.3) is 0 Å². The quantitative estimate of drug-likeness (QED) is 0.759. The van der Waals surface area contributed by atoms with Gasteiger partial charge in [0.2, 0.25) is 10.0 Å². The van der Waals surface area contributed by atoms with Crippen molar-refractivity contribution in [1.29, 1.82) is 0 Å². The molecule has 2 heterocycles. The van der Waals surface area contributed by atoms with Crippen molar-refractivity contribution in [3.63, 3.8) is 0 Å². The van der Waals surface area contributed by atoms with Crippen molar-refractivity contribution in [3.05, 3.63) is 44.0 Å². The number of benzene rings is 1. The van der Waals surface area contributed by atoms with Gasteiger partial charge < -0.3 is 4.90 Å². The lowest BCUT2D eigenvalue weighted by atomic mass is 10.2. The fourth-order valence-corrected chi connectivity index (χ4v) is 6.22. The molecule has 0 aliphatic carbocycles. The Bertz CT molecular complexity index is 815. The largest absolute Gasteiger partial charge is 0.369 e. The SMILES string of the molecule is O=S(=O)(c1cc(Cl)sc1Cl)N1CCN(c2cccc(Cl)c2)CC1. The Morgan fingerprint density at radius 1 is 1.00 bits per heavy atom. The van der Waals surface area contributed by atoms with Crippen LogP contribution in [0.15, 0.2) is 35.2 Å². The highest BCUT2D eigenvalue weighted by Gasteiger charge is 2.31. The lowest BCUT2D eigenvalue weighted by Crippen LogP contribution is -2.48. The lowest BCUT2D eigenvalue weighted by Gasteiger charge is -2.35. The molecule has 0 bridgehead atoms. The molecule has 0 saturated carbocycles. The first-order valence-corrected chi connectivity index (χ1v) is 10.2. The number of piperazine rings is 1. The van der Waals surface area contributed by atoms with Crippen LogP contribution in [0.4, 0.5) is 5.69 Å². The van der Waals surface area contributed by atoms with Gasteiger partial charge in [-0.15, -0.1) is 11.3 Å². The van der Waals surface area contributed by atoms with Gasteiger partial charge in [0.15, 0.2) is 0 Å². The molecule has 1 fully saturated rings. The Morgan fingerprint density at radius 2 is 1.70 bits per heavy atom. The summed E-state index contributed by atoms with van der Waals surface area (Å²) in [6.45, 7) is 1.96. The van der Waals surface area contributed by atoms with E-state index in [9.17, 15) is 8.42 Å². The van der Waals surface area contributed by atoms with E-state index >= 15 is 0 Å². The molecular weight excluding hydrogens is 399 g/mol. The molecule has 1 aliphatic heterocycles. The predicted octanol–water partition coefficient (Wildman–Crippen LogP) is 4.22. The third kappa shape index (κ3) is 3.62. The third-order valence-electron chi connectivity index (χ3n) is 3.66. The summed E-state index contributed by atoms with van der Waals surface area (Å²) in [7, 11) is -3.61. The molecule has 2 aromatic rings. The van der Waals surface area contributed by atoms with Crippen molar-refractivity contribution in [2.75, 3.05) is 31.1 Å². The monoisotopic (exact) mass is 410 g/mol. The van der Waals surface area contributed by atoms with E-state index in [1.54, 1.807) is 0 Å². The van der Waals surface area contributed by atoms with E-state index in [4.69, 9.17) is 34.8 Å². The summed E-state index contributed by atoms with van der Waals surface area (Å²) in [5.74, 6) is 0. The number of hydrogen-bond acceptors (Lipinski definition) is 4. The van der Waals surface area contributed by atoms with Crippen LogP contribution in [0.5, 0.6) is 0 Å². The molecule has 1 aromatic heterocycles. The molecule has 0 spiro atoms. The van der Waals surface area contributed by atoms with Crippen molar-refractivity contribution in [1.82, 2.24) is 4.31 Å². The van der Waals surface area contributed by atoms with Gasteiger partial charge >= 0.3 is 0 Å². The Labute approximate surface area is 154 Å². The fraction of sp³-hybridized carbons (Fsp3) is 0.286. The molecule has 9 heteroatoms. The first kappa shape index (κ1) is 17.3. The van der Waals surface area contributed by atoms with Gasteiger partial charge in [-0.1, -0.05) is 40.9 Å². The molecule has 0 unspecified atom stereocenters. The zero-order valence-corrected chi connectivity index (χ0v) is 15.8. The van der Waals surface area contributed by atoms with Crippen molar-refractivity contribution < 1.29 is 8.42 Å². The molecule has 1 saturated heterocycles. The molecule has 0 amide bonds. The highest BCUT2D eigenvalue weighted by molar-refractivity contribution is 7.89. The molecule has 0 radical (unpaired) electrons. The minimum Gasteiger partial charge on any atom is -0.369 e. The molecule has 124 valence electrons. The first-order valence-electron chi connectivity index (χ1n) is 6.83. The van der Waals surface area contributed by atoms with Crippen LogP contribution in [0.1, 0.15) is 0 Å². The summed E-state index contributed by atoms with van der Waals surface area (Å²) in [6.07, 6.45) is 0. The molecule has 0 atom stereocenters. The maximum absolute atomic E-state index is 12.7. The normalized spacial score (nSPS) is 16.7. The summed E-state index contributed by atoms with van der Waals surface area (Å²) in [5, 5.41) is 0.664. The zero-order valence-electron chi connectivity index (χ0n) is 11.9. The van der Waals surface area contributed by atoms with E-state index in [0.717, 1.165) is 17.0 Å². The van der Waals surface area contributed by atoms with Crippen LogP contribution in [-0.4, -0.2) is 38.9 Å². The maximum atomic E-state index is 12.7. The summed E-state index contributed by atoms with van der Waals surface area (Å²) in [4.78, 5) is 2.20. The minimum atomic E-state index is -3.61. The third-order valence-corrected chi connectivity index (χ3v) is 7.54. The van der Waals surface area contributed by atoms with Crippen LogP contribution in [0.3, 0.4) is 0 Å². The topological polar surface area (TPSA) is 40.6 Å². The van der Waals surface area contributed by atoms with Crippen molar-refractivity contribution in [3.8, 4) is 0 Å². The molecule has 0 N–H and O–H groups in total. The van der Waals surface area contributed by atoms with Crippen LogP contribution < -0.4 is 4.90 Å². The highest BCUT2D eigenvalue weighted by atomic mass is 35.5. The smallest absolute Gasteiger partial charge is 0.245 e. The van der Waals surface area contributed by atoms with Gasteiger partial charge in [0.05, 0.1) is 4.34 Å². The number of sulfonamides is 1. The highest BCUT2D eigenvalue weighted by Crippen LogP contribution is 2.36. The summed E-state index contributed by atoms with van der Waals surface area (Å²) in [5.41, 5.74) is 0.992. The van der Waals surface area contributed by atoms with Crippen LogP contribution in [0, 0.1) is 0 Å². The van der Waals surface area contributed by atoms with Gasteiger partial charge in [-0.3, -0.25) is 0 Å². The van der Waals surface area contributed by atoms with Crippen molar-refractivity contribution in [2.24, 2.45) is 0 Å². The van der Waals surface area contributed by atoms with Crippen molar-refractivity contribution >= 4 is 61.9 Å².